The highest BCUT2D eigenvalue weighted by atomic mass is 35.5. The van der Waals surface area contributed by atoms with Gasteiger partial charge in [0.05, 0.1) is 16.1 Å². The molecule has 0 aromatic heterocycles. The number of hydrazine groups is 1. The minimum atomic E-state index is -0.129. The second kappa shape index (κ2) is 6.37. The van der Waals surface area contributed by atoms with E-state index in [4.69, 9.17) is 29.0 Å². The SMILES string of the molecule is CC(C)(C)c1ccccc1C(NN)c1ccc(Cl)c(Cl)c1. The molecule has 0 aliphatic rings. The number of benzene rings is 2. The summed E-state index contributed by atoms with van der Waals surface area (Å²) in [5, 5.41) is 1.07. The average molecular weight is 323 g/mol. The highest BCUT2D eigenvalue weighted by Gasteiger charge is 2.23. The summed E-state index contributed by atoms with van der Waals surface area (Å²) in [6.07, 6.45) is 0. The molecule has 4 heteroatoms. The molecule has 0 aliphatic heterocycles. The van der Waals surface area contributed by atoms with E-state index in [-0.39, 0.29) is 11.5 Å². The van der Waals surface area contributed by atoms with Gasteiger partial charge in [-0.2, -0.15) is 0 Å². The van der Waals surface area contributed by atoms with Crippen LogP contribution in [0.4, 0.5) is 0 Å². The predicted octanol–water partition coefficient (Wildman–Crippen LogP) is 4.84. The lowest BCUT2D eigenvalue weighted by atomic mass is 9.81. The maximum Gasteiger partial charge on any atom is 0.0713 e. The lowest BCUT2D eigenvalue weighted by molar-refractivity contribution is 0.558. The third-order valence-electron chi connectivity index (χ3n) is 3.52. The van der Waals surface area contributed by atoms with Gasteiger partial charge in [0.25, 0.3) is 0 Å². The molecule has 0 amide bonds. The van der Waals surface area contributed by atoms with Gasteiger partial charge in [-0.05, 0) is 34.2 Å². The van der Waals surface area contributed by atoms with Crippen molar-refractivity contribution < 1.29 is 0 Å². The first-order valence-corrected chi connectivity index (χ1v) is 7.60. The molecule has 3 N–H and O–H groups in total. The summed E-state index contributed by atoms with van der Waals surface area (Å²) in [5.74, 6) is 5.81. The molecule has 0 saturated heterocycles. The second-order valence-electron chi connectivity index (χ2n) is 6.11. The highest BCUT2D eigenvalue weighted by molar-refractivity contribution is 6.42. The molecule has 2 aromatic rings. The molecule has 2 aromatic carbocycles. The van der Waals surface area contributed by atoms with Gasteiger partial charge in [-0.15, -0.1) is 0 Å². The Hall–Kier alpha value is -1.06. The molecule has 0 saturated carbocycles. The molecule has 0 radical (unpaired) electrons. The van der Waals surface area contributed by atoms with E-state index in [1.807, 2.05) is 24.3 Å². The van der Waals surface area contributed by atoms with Crippen LogP contribution in [0.2, 0.25) is 10.0 Å². The number of halogens is 2. The molecule has 0 fully saturated rings. The summed E-state index contributed by atoms with van der Waals surface area (Å²) in [6.45, 7) is 6.57. The fourth-order valence-corrected chi connectivity index (χ4v) is 2.80. The number of hydrogen-bond acceptors (Lipinski definition) is 2. The topological polar surface area (TPSA) is 38.0 Å². The summed E-state index contributed by atoms with van der Waals surface area (Å²) in [4.78, 5) is 0. The van der Waals surface area contributed by atoms with Crippen molar-refractivity contribution in [2.24, 2.45) is 5.84 Å². The van der Waals surface area contributed by atoms with Crippen LogP contribution in [-0.4, -0.2) is 0 Å². The van der Waals surface area contributed by atoms with Gasteiger partial charge in [-0.3, -0.25) is 5.84 Å². The smallest absolute Gasteiger partial charge is 0.0713 e. The Balaban J connectivity index is 2.54. The van der Waals surface area contributed by atoms with E-state index in [9.17, 15) is 0 Å². The van der Waals surface area contributed by atoms with E-state index in [1.54, 1.807) is 6.07 Å². The van der Waals surface area contributed by atoms with E-state index in [2.05, 4.69) is 38.3 Å². The molecule has 21 heavy (non-hydrogen) atoms. The van der Waals surface area contributed by atoms with Crippen LogP contribution in [0.15, 0.2) is 42.5 Å². The maximum absolute atomic E-state index is 6.13. The largest absolute Gasteiger partial charge is 0.271 e. The predicted molar refractivity (Wildman–Crippen MR) is 90.8 cm³/mol. The Kier molecular flexibility index (Phi) is 4.95. The van der Waals surface area contributed by atoms with E-state index in [1.165, 1.54) is 5.56 Å². The molecule has 0 spiro atoms. The van der Waals surface area contributed by atoms with Crippen molar-refractivity contribution in [3.05, 3.63) is 69.2 Å². The number of nitrogens with one attached hydrogen (secondary N) is 1. The normalized spacial score (nSPS) is 13.2. The third-order valence-corrected chi connectivity index (χ3v) is 4.26. The van der Waals surface area contributed by atoms with Gasteiger partial charge in [0.15, 0.2) is 0 Å². The average Bonchev–Trinajstić information content (AvgIpc) is 2.43. The second-order valence-corrected chi connectivity index (χ2v) is 6.92. The Morgan fingerprint density at radius 1 is 1.00 bits per heavy atom. The van der Waals surface area contributed by atoms with Gasteiger partial charge in [-0.25, -0.2) is 5.43 Å². The lowest BCUT2D eigenvalue weighted by Gasteiger charge is -2.27. The molecule has 0 bridgehead atoms. The summed E-state index contributed by atoms with van der Waals surface area (Å²) in [7, 11) is 0. The van der Waals surface area contributed by atoms with E-state index >= 15 is 0 Å². The highest BCUT2D eigenvalue weighted by Crippen LogP contribution is 2.34. The number of hydrogen-bond donors (Lipinski definition) is 2. The Labute approximate surface area is 136 Å². The maximum atomic E-state index is 6.13. The summed E-state index contributed by atoms with van der Waals surface area (Å²) in [5.41, 5.74) is 6.30. The van der Waals surface area contributed by atoms with Crippen LogP contribution in [0.25, 0.3) is 0 Å². The Bertz CT molecular complexity index is 633. The van der Waals surface area contributed by atoms with Gasteiger partial charge in [0, 0.05) is 0 Å². The van der Waals surface area contributed by atoms with Crippen LogP contribution in [0.3, 0.4) is 0 Å². The molecular formula is C17H20Cl2N2. The van der Waals surface area contributed by atoms with Gasteiger partial charge in [0.2, 0.25) is 0 Å². The van der Waals surface area contributed by atoms with Crippen LogP contribution in [0.1, 0.15) is 43.5 Å². The van der Waals surface area contributed by atoms with Gasteiger partial charge in [-0.1, -0.05) is 74.3 Å². The zero-order valence-corrected chi connectivity index (χ0v) is 14.0. The van der Waals surface area contributed by atoms with E-state index in [0.29, 0.717) is 10.0 Å². The van der Waals surface area contributed by atoms with Crippen molar-refractivity contribution in [2.45, 2.75) is 32.2 Å². The summed E-state index contributed by atoms with van der Waals surface area (Å²) in [6, 6.07) is 13.8. The molecule has 1 unspecified atom stereocenters. The molecule has 2 nitrogen and oxygen atoms in total. The van der Waals surface area contributed by atoms with Crippen LogP contribution in [-0.2, 0) is 5.41 Å². The first kappa shape index (κ1) is 16.3. The first-order valence-electron chi connectivity index (χ1n) is 6.85. The van der Waals surface area contributed by atoms with E-state index in [0.717, 1.165) is 11.1 Å². The van der Waals surface area contributed by atoms with Gasteiger partial charge in [0.1, 0.15) is 0 Å². The number of rotatable bonds is 3. The van der Waals surface area contributed by atoms with Crippen molar-refractivity contribution in [2.75, 3.05) is 0 Å². The monoisotopic (exact) mass is 322 g/mol. The fourth-order valence-electron chi connectivity index (χ4n) is 2.49. The third kappa shape index (κ3) is 3.58. The standard InChI is InChI=1S/C17H20Cl2N2/c1-17(2,3)13-7-5-4-6-12(13)16(21-20)11-8-9-14(18)15(19)10-11/h4-10,16,21H,20H2,1-3H3. The lowest BCUT2D eigenvalue weighted by Crippen LogP contribution is -2.31. The minimum Gasteiger partial charge on any atom is -0.271 e. The van der Waals surface area contributed by atoms with Crippen LogP contribution in [0, 0.1) is 0 Å². The van der Waals surface area contributed by atoms with Crippen LogP contribution in [0.5, 0.6) is 0 Å². The fraction of sp³-hybridized carbons (Fsp3) is 0.294. The quantitative estimate of drug-likeness (QED) is 0.626. The summed E-state index contributed by atoms with van der Waals surface area (Å²) >= 11 is 12.1. The Morgan fingerprint density at radius 3 is 2.24 bits per heavy atom. The molecule has 0 aliphatic carbocycles. The molecule has 2 rings (SSSR count). The van der Waals surface area contributed by atoms with Crippen molar-refractivity contribution in [1.29, 1.82) is 0 Å². The van der Waals surface area contributed by atoms with Crippen molar-refractivity contribution in [3.8, 4) is 0 Å². The van der Waals surface area contributed by atoms with Crippen molar-refractivity contribution >= 4 is 23.2 Å². The number of nitrogens with two attached hydrogens (primary N) is 1. The van der Waals surface area contributed by atoms with Gasteiger partial charge >= 0.3 is 0 Å². The Morgan fingerprint density at radius 2 is 1.67 bits per heavy atom. The van der Waals surface area contributed by atoms with E-state index < -0.39 is 0 Å². The van der Waals surface area contributed by atoms with Crippen molar-refractivity contribution in [1.82, 2.24) is 5.43 Å². The molecule has 0 heterocycles. The zero-order valence-electron chi connectivity index (χ0n) is 12.5. The summed E-state index contributed by atoms with van der Waals surface area (Å²) < 4.78 is 0. The molecule has 112 valence electrons. The first-order chi connectivity index (χ1) is 9.84. The van der Waals surface area contributed by atoms with Crippen LogP contribution >= 0.6 is 23.2 Å². The van der Waals surface area contributed by atoms with Gasteiger partial charge < -0.3 is 0 Å². The van der Waals surface area contributed by atoms with Crippen molar-refractivity contribution in [3.63, 3.8) is 0 Å². The minimum absolute atomic E-state index is 0.0297. The molecule has 1 atom stereocenters. The van der Waals surface area contributed by atoms with Crippen LogP contribution < -0.4 is 11.3 Å². The zero-order chi connectivity index (χ0) is 15.6. The molecular weight excluding hydrogens is 303 g/mol.